The Morgan fingerprint density at radius 3 is 2.39 bits per heavy atom. The van der Waals surface area contributed by atoms with Gasteiger partial charge in [0, 0.05) is 19.6 Å². The molecule has 0 N–H and O–H groups in total. The van der Waals surface area contributed by atoms with Crippen molar-refractivity contribution in [3.05, 3.63) is 63.2 Å². The first-order valence-corrected chi connectivity index (χ1v) is 7.81. The van der Waals surface area contributed by atoms with Crippen LogP contribution in [0, 0.1) is 3.57 Å². The van der Waals surface area contributed by atoms with Crippen LogP contribution in [0.3, 0.4) is 0 Å². The monoisotopic (exact) mass is 368 g/mol. The van der Waals surface area contributed by atoms with E-state index >= 15 is 0 Å². The van der Waals surface area contributed by atoms with Crippen molar-refractivity contribution in [2.24, 2.45) is 0 Å². The predicted octanol–water partition coefficient (Wildman–Crippen LogP) is 4.63. The molecule has 2 aromatic carbocycles. The number of ketones is 1. The average molecular weight is 368 g/mol. The molecule has 0 aliphatic carbocycles. The van der Waals surface area contributed by atoms with Gasteiger partial charge in [-0.05, 0) is 64.7 Å². The van der Waals surface area contributed by atoms with Crippen LogP contribution in [0.2, 0.25) is 0 Å². The Morgan fingerprint density at radius 2 is 1.78 bits per heavy atom. The quantitative estimate of drug-likeness (QED) is 0.445. The van der Waals surface area contributed by atoms with Gasteiger partial charge in [-0.3, -0.25) is 4.79 Å². The highest BCUT2D eigenvalue weighted by molar-refractivity contribution is 14.1. The van der Waals surface area contributed by atoms with Gasteiger partial charge < -0.3 is 0 Å². The fourth-order valence-electron chi connectivity index (χ4n) is 1.67. The van der Waals surface area contributed by atoms with Crippen molar-refractivity contribution in [1.29, 1.82) is 0 Å². The fourth-order valence-corrected chi connectivity index (χ4v) is 2.96. The Kier molecular flexibility index (Phi) is 4.83. The lowest BCUT2D eigenvalue weighted by Gasteiger charge is -2.04. The molecule has 0 heterocycles. The highest BCUT2D eigenvalue weighted by atomic mass is 127. The van der Waals surface area contributed by atoms with Gasteiger partial charge in [0.15, 0.2) is 5.78 Å². The zero-order valence-corrected chi connectivity index (χ0v) is 13.0. The number of carbonyl (C=O) groups is 1. The number of benzene rings is 2. The molecule has 0 unspecified atom stereocenters. The van der Waals surface area contributed by atoms with Crippen molar-refractivity contribution < 1.29 is 4.79 Å². The van der Waals surface area contributed by atoms with E-state index in [-0.39, 0.29) is 5.78 Å². The van der Waals surface area contributed by atoms with E-state index in [2.05, 4.69) is 29.5 Å². The lowest BCUT2D eigenvalue weighted by atomic mass is 10.0. The second kappa shape index (κ2) is 6.38. The van der Waals surface area contributed by atoms with Crippen LogP contribution in [0.5, 0.6) is 0 Å². The minimum atomic E-state index is 0.0908. The summed E-state index contributed by atoms with van der Waals surface area (Å²) in [6.45, 7) is 2.12. The summed E-state index contributed by atoms with van der Waals surface area (Å²) in [5.41, 5.74) is 1.52. The third-order valence-corrected chi connectivity index (χ3v) is 4.38. The number of carbonyl (C=O) groups excluding carboxylic acids is 1. The molecule has 0 aliphatic heterocycles. The first-order valence-electron chi connectivity index (χ1n) is 5.74. The molecule has 0 aromatic heterocycles. The number of hydrogen-bond acceptors (Lipinski definition) is 2. The van der Waals surface area contributed by atoms with E-state index in [1.165, 1.54) is 4.90 Å². The molecule has 1 nitrogen and oxygen atoms in total. The summed E-state index contributed by atoms with van der Waals surface area (Å²) in [5, 5.41) is 0. The summed E-state index contributed by atoms with van der Waals surface area (Å²) in [7, 11) is 0. The SMILES string of the molecule is CCSc1ccc(C(=O)c2ccccc2I)cc1. The highest BCUT2D eigenvalue weighted by Gasteiger charge is 2.11. The van der Waals surface area contributed by atoms with Crippen molar-refractivity contribution in [1.82, 2.24) is 0 Å². The van der Waals surface area contributed by atoms with Crippen LogP contribution < -0.4 is 0 Å². The minimum absolute atomic E-state index is 0.0908. The molecule has 0 atom stereocenters. The molecule has 3 heteroatoms. The summed E-state index contributed by atoms with van der Waals surface area (Å²) in [6.07, 6.45) is 0. The summed E-state index contributed by atoms with van der Waals surface area (Å²) in [5.74, 6) is 1.14. The lowest BCUT2D eigenvalue weighted by molar-refractivity contribution is 0.103. The normalized spacial score (nSPS) is 10.3. The molecule has 0 saturated heterocycles. The van der Waals surface area contributed by atoms with Gasteiger partial charge in [-0.2, -0.15) is 0 Å². The molecule has 0 spiro atoms. The topological polar surface area (TPSA) is 17.1 Å². The molecule has 2 rings (SSSR count). The van der Waals surface area contributed by atoms with E-state index in [1.807, 2.05) is 48.5 Å². The summed E-state index contributed by atoms with van der Waals surface area (Å²) in [6, 6.07) is 15.5. The van der Waals surface area contributed by atoms with Gasteiger partial charge in [0.1, 0.15) is 0 Å². The van der Waals surface area contributed by atoms with Crippen molar-refractivity contribution in [2.75, 3.05) is 5.75 Å². The molecule has 0 radical (unpaired) electrons. The maximum atomic E-state index is 12.3. The largest absolute Gasteiger partial charge is 0.289 e. The average Bonchev–Trinajstić information content (AvgIpc) is 2.40. The summed E-state index contributed by atoms with van der Waals surface area (Å²) >= 11 is 3.98. The van der Waals surface area contributed by atoms with E-state index in [0.29, 0.717) is 0 Å². The van der Waals surface area contributed by atoms with Crippen LogP contribution in [-0.2, 0) is 0 Å². The van der Waals surface area contributed by atoms with Crippen molar-refractivity contribution in [3.63, 3.8) is 0 Å². The van der Waals surface area contributed by atoms with Crippen LogP contribution in [0.1, 0.15) is 22.8 Å². The maximum absolute atomic E-state index is 12.3. The second-order valence-electron chi connectivity index (χ2n) is 3.77. The molecule has 2 aromatic rings. The third kappa shape index (κ3) is 3.14. The van der Waals surface area contributed by atoms with E-state index in [4.69, 9.17) is 0 Å². The first-order chi connectivity index (χ1) is 8.72. The Labute approximate surface area is 125 Å². The van der Waals surface area contributed by atoms with E-state index in [1.54, 1.807) is 11.8 Å². The van der Waals surface area contributed by atoms with Gasteiger partial charge in [0.05, 0.1) is 0 Å². The number of hydrogen-bond donors (Lipinski definition) is 0. The van der Waals surface area contributed by atoms with Gasteiger partial charge in [0.25, 0.3) is 0 Å². The second-order valence-corrected chi connectivity index (χ2v) is 6.27. The maximum Gasteiger partial charge on any atom is 0.194 e. The number of rotatable bonds is 4. The molecular weight excluding hydrogens is 355 g/mol. The van der Waals surface area contributed by atoms with Crippen LogP contribution >= 0.6 is 34.4 Å². The van der Waals surface area contributed by atoms with E-state index in [9.17, 15) is 4.79 Å². The predicted molar refractivity (Wildman–Crippen MR) is 85.4 cm³/mol. The number of halogens is 1. The van der Waals surface area contributed by atoms with Crippen molar-refractivity contribution >= 4 is 40.1 Å². The van der Waals surface area contributed by atoms with Gasteiger partial charge in [-0.25, -0.2) is 0 Å². The summed E-state index contributed by atoms with van der Waals surface area (Å²) in [4.78, 5) is 13.5. The third-order valence-electron chi connectivity index (χ3n) is 2.55. The Bertz CT molecular complexity index is 549. The lowest BCUT2D eigenvalue weighted by Crippen LogP contribution is -2.03. The zero-order valence-electron chi connectivity index (χ0n) is 10.0. The van der Waals surface area contributed by atoms with Gasteiger partial charge in [-0.15, -0.1) is 11.8 Å². The van der Waals surface area contributed by atoms with Crippen molar-refractivity contribution in [3.8, 4) is 0 Å². The Morgan fingerprint density at radius 1 is 1.11 bits per heavy atom. The summed E-state index contributed by atoms with van der Waals surface area (Å²) < 4.78 is 0.993. The van der Waals surface area contributed by atoms with Gasteiger partial charge in [0.2, 0.25) is 0 Å². The minimum Gasteiger partial charge on any atom is -0.289 e. The Hall–Kier alpha value is -0.810. The molecule has 0 bridgehead atoms. The highest BCUT2D eigenvalue weighted by Crippen LogP contribution is 2.20. The molecule has 18 heavy (non-hydrogen) atoms. The zero-order chi connectivity index (χ0) is 13.0. The van der Waals surface area contributed by atoms with Crippen LogP contribution in [0.25, 0.3) is 0 Å². The molecule has 0 amide bonds. The molecule has 0 saturated carbocycles. The molecule has 92 valence electrons. The van der Waals surface area contributed by atoms with Crippen LogP contribution in [0.15, 0.2) is 53.4 Å². The number of thioether (sulfide) groups is 1. The first kappa shape index (κ1) is 13.6. The standard InChI is InChI=1S/C15H13IOS/c1-2-18-12-9-7-11(8-10-12)15(17)13-5-3-4-6-14(13)16/h3-10H,2H2,1H3. The van der Waals surface area contributed by atoms with Crippen LogP contribution in [0.4, 0.5) is 0 Å². The van der Waals surface area contributed by atoms with E-state index < -0.39 is 0 Å². The van der Waals surface area contributed by atoms with Crippen molar-refractivity contribution in [2.45, 2.75) is 11.8 Å². The van der Waals surface area contributed by atoms with Gasteiger partial charge >= 0.3 is 0 Å². The van der Waals surface area contributed by atoms with Gasteiger partial charge in [-0.1, -0.05) is 19.1 Å². The van der Waals surface area contributed by atoms with E-state index in [0.717, 1.165) is 20.4 Å². The molecular formula is C15H13IOS. The smallest absolute Gasteiger partial charge is 0.194 e. The molecule has 0 aliphatic rings. The molecule has 0 fully saturated rings. The Balaban J connectivity index is 2.27. The van der Waals surface area contributed by atoms with Crippen LogP contribution in [-0.4, -0.2) is 11.5 Å². The fraction of sp³-hybridized carbons (Fsp3) is 0.133.